The monoisotopic (exact) mass is 469 g/mol. The van der Waals surface area contributed by atoms with E-state index in [-0.39, 0.29) is 11.4 Å². The minimum absolute atomic E-state index is 0.0810. The molecule has 4 rings (SSSR count). The van der Waals surface area contributed by atoms with Crippen LogP contribution in [0.3, 0.4) is 0 Å². The number of benzene rings is 4. The molecule has 0 amide bonds. The summed E-state index contributed by atoms with van der Waals surface area (Å²) in [6, 6.07) is 28.7. The number of nitro benzene ring substituents is 2. The predicted octanol–water partition coefficient (Wildman–Crippen LogP) is 6.47. The highest BCUT2D eigenvalue weighted by Gasteiger charge is 2.05. The Labute approximate surface area is 201 Å². The van der Waals surface area contributed by atoms with Crippen LogP contribution in [-0.2, 0) is 13.1 Å². The van der Waals surface area contributed by atoms with E-state index in [4.69, 9.17) is 0 Å². The lowest BCUT2D eigenvalue weighted by molar-refractivity contribution is -0.385. The van der Waals surface area contributed by atoms with E-state index in [1.807, 2.05) is 48.5 Å². The molecule has 0 saturated carbocycles. The van der Waals surface area contributed by atoms with Gasteiger partial charge in [0.1, 0.15) is 0 Å². The van der Waals surface area contributed by atoms with Gasteiger partial charge >= 0.3 is 0 Å². The molecule has 4 aromatic carbocycles. The van der Waals surface area contributed by atoms with E-state index >= 15 is 0 Å². The minimum Gasteiger partial charge on any atom is -0.381 e. The van der Waals surface area contributed by atoms with E-state index in [0.29, 0.717) is 13.1 Å². The van der Waals surface area contributed by atoms with Crippen molar-refractivity contribution in [1.82, 2.24) is 0 Å². The zero-order valence-electron chi connectivity index (χ0n) is 18.7. The number of hydrogen-bond donors (Lipinski definition) is 3. The number of nitro groups is 2. The minimum atomic E-state index is -0.408. The summed E-state index contributed by atoms with van der Waals surface area (Å²) in [4.78, 5) is 20.7. The standard InChI is InChI=1S/C26H23N5O4/c32-30(33)25-13-1-19(2-14-25)17-27-21-5-9-23(10-6-21)29-24-11-7-22(8-12-24)28-18-20-3-15-26(16-4-20)31(34)35/h1-16,27-29H,17-18H2. The van der Waals surface area contributed by atoms with Crippen molar-refractivity contribution >= 4 is 34.1 Å². The van der Waals surface area contributed by atoms with E-state index in [1.165, 1.54) is 24.3 Å². The first-order valence-corrected chi connectivity index (χ1v) is 10.9. The Kier molecular flexibility index (Phi) is 7.17. The summed E-state index contributed by atoms with van der Waals surface area (Å²) in [6.45, 7) is 1.14. The van der Waals surface area contributed by atoms with Crippen molar-refractivity contribution in [1.29, 1.82) is 0 Å². The van der Waals surface area contributed by atoms with Gasteiger partial charge in [-0.05, 0) is 59.7 Å². The second-order valence-electron chi connectivity index (χ2n) is 7.83. The van der Waals surface area contributed by atoms with Crippen molar-refractivity contribution < 1.29 is 9.85 Å². The highest BCUT2D eigenvalue weighted by molar-refractivity contribution is 5.64. The first-order chi connectivity index (χ1) is 17.0. The van der Waals surface area contributed by atoms with Gasteiger partial charge in [0.15, 0.2) is 0 Å². The normalized spacial score (nSPS) is 10.4. The molecule has 9 heteroatoms. The third-order valence-corrected chi connectivity index (χ3v) is 5.35. The Morgan fingerprint density at radius 2 is 0.800 bits per heavy atom. The summed E-state index contributed by atoms with van der Waals surface area (Å²) in [5, 5.41) is 31.5. The van der Waals surface area contributed by atoms with Crippen LogP contribution in [0.4, 0.5) is 34.1 Å². The third-order valence-electron chi connectivity index (χ3n) is 5.35. The van der Waals surface area contributed by atoms with Gasteiger partial charge in [-0.25, -0.2) is 0 Å². The van der Waals surface area contributed by atoms with Gasteiger partial charge in [-0.3, -0.25) is 20.2 Å². The zero-order chi connectivity index (χ0) is 24.6. The van der Waals surface area contributed by atoms with Crippen LogP contribution in [0.15, 0.2) is 97.1 Å². The average molecular weight is 470 g/mol. The van der Waals surface area contributed by atoms with E-state index < -0.39 is 9.85 Å². The number of non-ortho nitro benzene ring substituents is 2. The molecular formula is C26H23N5O4. The van der Waals surface area contributed by atoms with Crippen LogP contribution in [0, 0.1) is 20.2 Å². The summed E-state index contributed by atoms with van der Waals surface area (Å²) in [7, 11) is 0. The number of nitrogens with zero attached hydrogens (tertiary/aromatic N) is 2. The summed E-state index contributed by atoms with van der Waals surface area (Å²) in [6.07, 6.45) is 0. The van der Waals surface area contributed by atoms with Gasteiger partial charge in [-0.2, -0.15) is 0 Å². The molecule has 176 valence electrons. The fourth-order valence-electron chi connectivity index (χ4n) is 3.39. The van der Waals surface area contributed by atoms with Gasteiger partial charge in [-0.15, -0.1) is 0 Å². The Bertz CT molecular complexity index is 1190. The summed E-state index contributed by atoms with van der Waals surface area (Å²) >= 11 is 0. The molecule has 0 spiro atoms. The van der Waals surface area contributed by atoms with Crippen LogP contribution in [0.25, 0.3) is 0 Å². The van der Waals surface area contributed by atoms with Crippen LogP contribution in [0.5, 0.6) is 0 Å². The van der Waals surface area contributed by atoms with Gasteiger partial charge in [0.05, 0.1) is 9.85 Å². The van der Waals surface area contributed by atoms with Crippen molar-refractivity contribution in [3.63, 3.8) is 0 Å². The molecule has 0 radical (unpaired) electrons. The Hall–Kier alpha value is -4.92. The molecule has 0 bridgehead atoms. The fourth-order valence-corrected chi connectivity index (χ4v) is 3.39. The fraction of sp³-hybridized carbons (Fsp3) is 0.0769. The number of hydrogen-bond acceptors (Lipinski definition) is 7. The van der Waals surface area contributed by atoms with Crippen LogP contribution in [0.2, 0.25) is 0 Å². The second-order valence-corrected chi connectivity index (χ2v) is 7.83. The van der Waals surface area contributed by atoms with Crippen molar-refractivity contribution in [3.05, 3.63) is 128 Å². The van der Waals surface area contributed by atoms with Crippen LogP contribution >= 0.6 is 0 Å². The first kappa shape index (κ1) is 23.2. The van der Waals surface area contributed by atoms with E-state index in [9.17, 15) is 20.2 Å². The Balaban J connectivity index is 1.26. The highest BCUT2D eigenvalue weighted by Crippen LogP contribution is 2.22. The van der Waals surface area contributed by atoms with Crippen molar-refractivity contribution in [2.45, 2.75) is 13.1 Å². The largest absolute Gasteiger partial charge is 0.381 e. The summed E-state index contributed by atoms with van der Waals surface area (Å²) in [5.41, 5.74) is 5.85. The van der Waals surface area contributed by atoms with Crippen LogP contribution < -0.4 is 16.0 Å². The zero-order valence-corrected chi connectivity index (χ0v) is 18.7. The average Bonchev–Trinajstić information content (AvgIpc) is 2.88. The molecule has 0 fully saturated rings. The molecule has 4 aromatic rings. The maximum absolute atomic E-state index is 10.7. The molecule has 0 aliphatic carbocycles. The van der Waals surface area contributed by atoms with Crippen molar-refractivity contribution in [2.75, 3.05) is 16.0 Å². The second kappa shape index (κ2) is 10.8. The van der Waals surface area contributed by atoms with E-state index in [0.717, 1.165) is 33.9 Å². The van der Waals surface area contributed by atoms with Gasteiger partial charge in [0, 0.05) is 60.1 Å². The quantitative estimate of drug-likeness (QED) is 0.180. The maximum Gasteiger partial charge on any atom is 0.269 e. The molecule has 0 unspecified atom stereocenters. The van der Waals surface area contributed by atoms with Gasteiger partial charge in [-0.1, -0.05) is 24.3 Å². The smallest absolute Gasteiger partial charge is 0.269 e. The first-order valence-electron chi connectivity index (χ1n) is 10.9. The highest BCUT2D eigenvalue weighted by atomic mass is 16.6. The molecule has 0 heterocycles. The molecule has 3 N–H and O–H groups in total. The lowest BCUT2D eigenvalue weighted by Crippen LogP contribution is -2.00. The molecule has 0 aliphatic rings. The molecule has 35 heavy (non-hydrogen) atoms. The van der Waals surface area contributed by atoms with Gasteiger partial charge < -0.3 is 16.0 Å². The lowest BCUT2D eigenvalue weighted by atomic mass is 10.2. The number of nitrogens with one attached hydrogen (secondary N) is 3. The third kappa shape index (κ3) is 6.55. The number of rotatable bonds is 10. The molecule has 0 aliphatic heterocycles. The molecule has 0 saturated heterocycles. The Morgan fingerprint density at radius 1 is 0.486 bits per heavy atom. The number of anilines is 4. The summed E-state index contributed by atoms with van der Waals surface area (Å²) in [5.74, 6) is 0. The van der Waals surface area contributed by atoms with Crippen LogP contribution in [-0.4, -0.2) is 9.85 Å². The SMILES string of the molecule is O=[N+]([O-])c1ccc(CNc2ccc(Nc3ccc(NCc4ccc([N+](=O)[O-])cc4)cc3)cc2)cc1. The predicted molar refractivity (Wildman–Crippen MR) is 137 cm³/mol. The topological polar surface area (TPSA) is 122 Å². The lowest BCUT2D eigenvalue weighted by Gasteiger charge is -2.11. The molecule has 0 atom stereocenters. The molecule has 0 aromatic heterocycles. The van der Waals surface area contributed by atoms with Crippen LogP contribution in [0.1, 0.15) is 11.1 Å². The van der Waals surface area contributed by atoms with Gasteiger partial charge in [0.25, 0.3) is 11.4 Å². The summed E-state index contributed by atoms with van der Waals surface area (Å²) < 4.78 is 0. The van der Waals surface area contributed by atoms with Gasteiger partial charge in [0.2, 0.25) is 0 Å². The van der Waals surface area contributed by atoms with Crippen molar-refractivity contribution in [2.24, 2.45) is 0 Å². The molecular weight excluding hydrogens is 446 g/mol. The van der Waals surface area contributed by atoms with E-state index in [2.05, 4.69) is 16.0 Å². The molecule has 9 nitrogen and oxygen atoms in total. The Morgan fingerprint density at radius 3 is 1.11 bits per heavy atom. The van der Waals surface area contributed by atoms with E-state index in [1.54, 1.807) is 24.3 Å². The maximum atomic E-state index is 10.7. The van der Waals surface area contributed by atoms with Crippen molar-refractivity contribution in [3.8, 4) is 0 Å².